The minimum absolute atomic E-state index is 0. The Bertz CT molecular complexity index is 1680. The Morgan fingerprint density at radius 2 is 1.13 bits per heavy atom. The van der Waals surface area contributed by atoms with Gasteiger partial charge in [-0.1, -0.05) is 23.2 Å². The SMILES string of the molecule is COC(=O)c1cc(Cl)cc2c1c(C)c(CN(C)C)n2C(C)C.Cc1c(CN(C)C)n(C(C)C)c2cc(Cl)cc(C(=O)O)c12.[NH-]O.[Na+]. The average Bonchev–Trinajstić information content (AvgIpc) is 3.37. The molecule has 0 fully saturated rings. The van der Waals surface area contributed by atoms with Crippen molar-refractivity contribution in [2.45, 2.75) is 66.7 Å². The van der Waals surface area contributed by atoms with Crippen LogP contribution in [0.3, 0.4) is 0 Å². The van der Waals surface area contributed by atoms with Gasteiger partial charge in [0, 0.05) is 57.4 Å². The summed E-state index contributed by atoms with van der Waals surface area (Å²) in [4.78, 5) is 27.9. The predicted molar refractivity (Wildman–Crippen MR) is 183 cm³/mol. The van der Waals surface area contributed by atoms with E-state index in [1.807, 2.05) is 47.2 Å². The number of carbonyl (C=O) groups is 2. The van der Waals surface area contributed by atoms with E-state index in [2.05, 4.69) is 53.6 Å². The van der Waals surface area contributed by atoms with Crippen LogP contribution in [-0.4, -0.2) is 76.5 Å². The third-order valence-electron chi connectivity index (χ3n) is 7.48. The Kier molecular flexibility index (Phi) is 16.3. The summed E-state index contributed by atoms with van der Waals surface area (Å²) in [7, 11) is 9.48. The van der Waals surface area contributed by atoms with Gasteiger partial charge in [-0.05, 0) is 105 Å². The fraction of sp³-hybridized carbons (Fsp3) is 0.455. The van der Waals surface area contributed by atoms with Crippen molar-refractivity contribution in [2.24, 2.45) is 0 Å². The van der Waals surface area contributed by atoms with E-state index < -0.39 is 5.97 Å². The number of carboxylic acid groups (broad SMARTS) is 1. The Labute approximate surface area is 304 Å². The molecule has 0 unspecified atom stereocenters. The average molecular weight is 687 g/mol. The van der Waals surface area contributed by atoms with E-state index in [1.54, 1.807) is 6.07 Å². The number of benzene rings is 2. The smallest absolute Gasteiger partial charge is 0.553 e. The van der Waals surface area contributed by atoms with Crippen LogP contribution in [0.4, 0.5) is 0 Å². The number of ether oxygens (including phenoxy) is 1. The maximum atomic E-state index is 12.1. The van der Waals surface area contributed by atoms with E-state index in [9.17, 15) is 14.7 Å². The molecule has 248 valence electrons. The first-order valence-electron chi connectivity index (χ1n) is 14.5. The number of aromatic nitrogens is 2. The van der Waals surface area contributed by atoms with Gasteiger partial charge in [-0.15, -0.1) is 0 Å². The van der Waals surface area contributed by atoms with Crippen molar-refractivity contribution in [3.8, 4) is 0 Å². The van der Waals surface area contributed by atoms with Crippen LogP contribution in [0.5, 0.6) is 0 Å². The van der Waals surface area contributed by atoms with Crippen molar-refractivity contribution in [1.29, 1.82) is 0 Å². The van der Waals surface area contributed by atoms with Crippen LogP contribution < -0.4 is 29.6 Å². The number of aromatic carboxylic acids is 1. The maximum absolute atomic E-state index is 12.1. The summed E-state index contributed by atoms with van der Waals surface area (Å²) in [6, 6.07) is 7.51. The van der Waals surface area contributed by atoms with E-state index >= 15 is 0 Å². The first-order chi connectivity index (χ1) is 21.0. The van der Waals surface area contributed by atoms with Crippen LogP contribution in [0.1, 0.15) is 83.0 Å². The number of carboxylic acids is 1. The summed E-state index contributed by atoms with van der Waals surface area (Å²) in [6.45, 7) is 14.1. The molecular formula is C33H46Cl2N5NaO5. The van der Waals surface area contributed by atoms with Gasteiger partial charge in [0.15, 0.2) is 0 Å². The van der Waals surface area contributed by atoms with E-state index in [4.69, 9.17) is 39.0 Å². The molecule has 2 aromatic heterocycles. The molecule has 4 aromatic rings. The van der Waals surface area contributed by atoms with Gasteiger partial charge in [-0.25, -0.2) is 9.59 Å². The molecule has 4 rings (SSSR count). The molecule has 0 saturated heterocycles. The molecule has 0 atom stereocenters. The number of esters is 1. The second-order valence-electron chi connectivity index (χ2n) is 12.0. The summed E-state index contributed by atoms with van der Waals surface area (Å²) >= 11 is 12.4. The molecule has 0 spiro atoms. The van der Waals surface area contributed by atoms with Gasteiger partial charge in [0.25, 0.3) is 0 Å². The van der Waals surface area contributed by atoms with Crippen molar-refractivity contribution in [1.82, 2.24) is 18.9 Å². The van der Waals surface area contributed by atoms with Gasteiger partial charge in [-0.3, -0.25) is 0 Å². The van der Waals surface area contributed by atoms with Gasteiger partial charge in [0.05, 0.1) is 29.3 Å². The molecular weight excluding hydrogens is 640 g/mol. The minimum Gasteiger partial charge on any atom is -0.553 e. The zero-order valence-corrected chi connectivity index (χ0v) is 32.6. The van der Waals surface area contributed by atoms with Crippen LogP contribution in [-0.2, 0) is 17.8 Å². The number of hydrogen-bond acceptors (Lipinski definition) is 6. The number of aryl methyl sites for hydroxylation is 2. The van der Waals surface area contributed by atoms with E-state index in [-0.39, 0.29) is 53.2 Å². The fourth-order valence-electron chi connectivity index (χ4n) is 5.90. The van der Waals surface area contributed by atoms with Crippen LogP contribution in [0.25, 0.3) is 27.7 Å². The summed E-state index contributed by atoms with van der Waals surface area (Å²) in [6.07, 6.45) is 0. The van der Waals surface area contributed by atoms with Crippen molar-refractivity contribution in [3.63, 3.8) is 0 Å². The third kappa shape index (κ3) is 9.06. The molecule has 0 bridgehead atoms. The molecule has 2 heterocycles. The summed E-state index contributed by atoms with van der Waals surface area (Å²) < 4.78 is 9.36. The third-order valence-corrected chi connectivity index (χ3v) is 7.92. The van der Waals surface area contributed by atoms with E-state index in [0.717, 1.165) is 51.7 Å². The Morgan fingerprint density at radius 3 is 1.43 bits per heavy atom. The van der Waals surface area contributed by atoms with Gasteiger partial charge in [-0.2, -0.15) is 0 Å². The molecule has 46 heavy (non-hydrogen) atoms. The fourth-order valence-corrected chi connectivity index (χ4v) is 6.33. The number of halogens is 2. The Hall–Kier alpha value is -2.12. The first-order valence-corrected chi connectivity index (χ1v) is 15.3. The van der Waals surface area contributed by atoms with Gasteiger partial charge >= 0.3 is 41.5 Å². The van der Waals surface area contributed by atoms with Crippen molar-refractivity contribution in [3.05, 3.63) is 73.8 Å². The van der Waals surface area contributed by atoms with Crippen molar-refractivity contribution >= 4 is 56.9 Å². The number of nitrogens with one attached hydrogen (secondary N) is 1. The van der Waals surface area contributed by atoms with Gasteiger partial charge in [0.1, 0.15) is 0 Å². The Morgan fingerprint density at radius 1 is 0.783 bits per heavy atom. The molecule has 0 saturated carbocycles. The number of fused-ring (bicyclic) bond motifs is 2. The normalized spacial score (nSPS) is 11.1. The number of carbonyl (C=O) groups excluding carboxylic acids is 1. The zero-order valence-electron chi connectivity index (χ0n) is 29.0. The molecule has 2 aromatic carbocycles. The molecule has 0 aliphatic carbocycles. The summed E-state index contributed by atoms with van der Waals surface area (Å²) in [5, 5.41) is 18.4. The standard InChI is InChI=1S/C17H23ClN2O2.C16H21ClN2O2.H2NO.Na/c1-10(2)20-14-8-12(18)7-13(17(21)22-6)16(14)11(3)15(20)9-19(4)5;1-9(2)19-13-7-11(17)6-12(16(20)21)15(13)10(3)14(19)8-18(4)5;1-2;/h7-8,10H,9H2,1-6H3;6-7,9H,8H2,1-5H3,(H,20,21);1-2H;/q;;-1;+1. The van der Waals surface area contributed by atoms with Crippen molar-refractivity contribution in [2.75, 3.05) is 35.3 Å². The predicted octanol–water partition coefficient (Wildman–Crippen LogP) is 5.41. The number of hydrogen-bond donors (Lipinski definition) is 2. The second kappa shape index (κ2) is 17.9. The topological polar surface area (TPSA) is 124 Å². The minimum atomic E-state index is -0.942. The molecule has 0 aliphatic rings. The van der Waals surface area contributed by atoms with Crippen LogP contribution >= 0.6 is 23.2 Å². The zero-order chi connectivity index (χ0) is 34.5. The first kappa shape index (κ1) is 41.9. The van der Waals surface area contributed by atoms with Gasteiger partial charge < -0.3 is 39.9 Å². The van der Waals surface area contributed by atoms with Crippen molar-refractivity contribution < 1.29 is 54.2 Å². The molecule has 0 radical (unpaired) electrons. The molecule has 10 nitrogen and oxygen atoms in total. The summed E-state index contributed by atoms with van der Waals surface area (Å²) in [5.41, 5.74) is 7.13. The van der Waals surface area contributed by atoms with E-state index in [1.165, 1.54) is 18.9 Å². The molecule has 0 aliphatic heterocycles. The van der Waals surface area contributed by atoms with Crippen LogP contribution in [0.15, 0.2) is 24.3 Å². The number of nitrogens with zero attached hydrogens (tertiary/aromatic N) is 4. The van der Waals surface area contributed by atoms with Crippen LogP contribution in [0.2, 0.25) is 10.0 Å². The number of methoxy groups -OCH3 is 1. The molecule has 3 N–H and O–H groups in total. The quantitative estimate of drug-likeness (QED) is 0.144. The van der Waals surface area contributed by atoms with Gasteiger partial charge in [0.2, 0.25) is 0 Å². The van der Waals surface area contributed by atoms with Crippen LogP contribution in [0, 0.1) is 13.8 Å². The molecule has 0 amide bonds. The van der Waals surface area contributed by atoms with E-state index in [0.29, 0.717) is 15.6 Å². The second-order valence-corrected chi connectivity index (χ2v) is 12.9. The summed E-state index contributed by atoms with van der Waals surface area (Å²) in [5.74, 6) is 3.45. The Balaban J connectivity index is 0.000000428. The maximum Gasteiger partial charge on any atom is 1.00 e. The number of rotatable bonds is 8. The largest absolute Gasteiger partial charge is 1.00 e. The molecule has 13 heteroatoms. The monoisotopic (exact) mass is 685 g/mol.